The first-order valence-corrected chi connectivity index (χ1v) is 7.52. The van der Waals surface area contributed by atoms with Crippen LogP contribution in [0.5, 0.6) is 0 Å². The molecule has 8 heteroatoms. The highest BCUT2D eigenvalue weighted by Crippen LogP contribution is 2.26. The Morgan fingerprint density at radius 1 is 1.21 bits per heavy atom. The molecule has 122 valence electrons. The maximum absolute atomic E-state index is 10.7. The standard InChI is InChI=1S/C16H14ClN5O2/c1-21-9-8-18-16(21)15(11-2-4-12(17)5-3-11)20-14-7-6-13(10-19-14)22(23)24/h2-10,15H,1H3,(H,19,20)/t15-/m0/s1. The lowest BCUT2D eigenvalue weighted by atomic mass is 10.1. The number of halogens is 1. The first-order chi connectivity index (χ1) is 11.5. The smallest absolute Gasteiger partial charge is 0.287 e. The van der Waals surface area contributed by atoms with Crippen molar-refractivity contribution in [3.05, 3.63) is 81.5 Å². The second kappa shape index (κ2) is 6.67. The number of aryl methyl sites for hydroxylation is 1. The van der Waals surface area contributed by atoms with E-state index in [9.17, 15) is 10.1 Å². The van der Waals surface area contributed by atoms with Gasteiger partial charge in [0.25, 0.3) is 5.69 Å². The van der Waals surface area contributed by atoms with Crippen molar-refractivity contribution in [2.24, 2.45) is 7.05 Å². The summed E-state index contributed by atoms with van der Waals surface area (Å²) >= 11 is 5.96. The summed E-state index contributed by atoms with van der Waals surface area (Å²) in [5, 5.41) is 14.6. The summed E-state index contributed by atoms with van der Waals surface area (Å²) in [6, 6.07) is 10.1. The number of nitrogens with zero attached hydrogens (tertiary/aromatic N) is 4. The minimum atomic E-state index is -0.480. The van der Waals surface area contributed by atoms with Crippen molar-refractivity contribution in [2.45, 2.75) is 6.04 Å². The third-order valence-corrected chi connectivity index (χ3v) is 3.82. The summed E-state index contributed by atoms with van der Waals surface area (Å²) < 4.78 is 1.90. The number of nitro groups is 1. The van der Waals surface area contributed by atoms with Gasteiger partial charge in [0.05, 0.1) is 4.92 Å². The quantitative estimate of drug-likeness (QED) is 0.565. The maximum atomic E-state index is 10.7. The third kappa shape index (κ3) is 3.36. The second-order valence-corrected chi connectivity index (χ2v) is 5.62. The van der Waals surface area contributed by atoms with Crippen LogP contribution in [0.25, 0.3) is 0 Å². The number of nitrogens with one attached hydrogen (secondary N) is 1. The molecular weight excluding hydrogens is 330 g/mol. The van der Waals surface area contributed by atoms with Gasteiger partial charge in [-0.3, -0.25) is 10.1 Å². The lowest BCUT2D eigenvalue weighted by molar-refractivity contribution is -0.385. The molecule has 0 radical (unpaired) electrons. The van der Waals surface area contributed by atoms with Crippen LogP contribution >= 0.6 is 11.6 Å². The zero-order valence-corrected chi connectivity index (χ0v) is 13.5. The zero-order chi connectivity index (χ0) is 17.1. The minimum Gasteiger partial charge on any atom is -0.356 e. The monoisotopic (exact) mass is 343 g/mol. The van der Waals surface area contributed by atoms with Crippen LogP contribution in [0.4, 0.5) is 11.5 Å². The number of benzene rings is 1. The molecule has 0 amide bonds. The predicted octanol–water partition coefficient (Wildman–Crippen LogP) is 3.58. The fraction of sp³-hybridized carbons (Fsp3) is 0.125. The van der Waals surface area contributed by atoms with E-state index in [4.69, 9.17) is 11.6 Å². The Bertz CT molecular complexity index is 846. The Labute approximate surface area is 143 Å². The van der Waals surface area contributed by atoms with E-state index in [2.05, 4.69) is 15.3 Å². The average molecular weight is 344 g/mol. The van der Waals surface area contributed by atoms with Crippen LogP contribution in [0.15, 0.2) is 55.0 Å². The van der Waals surface area contributed by atoms with Crippen LogP contribution in [0.2, 0.25) is 5.02 Å². The molecule has 0 aliphatic rings. The van der Waals surface area contributed by atoms with Gasteiger partial charge in [0.15, 0.2) is 0 Å². The van der Waals surface area contributed by atoms with Gasteiger partial charge < -0.3 is 9.88 Å². The fourth-order valence-electron chi connectivity index (χ4n) is 2.33. The molecule has 2 heterocycles. The molecule has 0 aliphatic carbocycles. The first kappa shape index (κ1) is 15.9. The van der Waals surface area contributed by atoms with Gasteiger partial charge in [-0.15, -0.1) is 0 Å². The SMILES string of the molecule is Cn1ccnc1[C@@H](Nc1ccc([N+](=O)[O-])cn1)c1ccc(Cl)cc1. The maximum Gasteiger partial charge on any atom is 0.287 e. The van der Waals surface area contributed by atoms with E-state index in [0.29, 0.717) is 10.8 Å². The molecule has 1 atom stereocenters. The molecule has 0 fully saturated rings. The first-order valence-electron chi connectivity index (χ1n) is 7.14. The van der Waals surface area contributed by atoms with Gasteiger partial charge in [0.2, 0.25) is 0 Å². The molecule has 3 rings (SSSR count). The van der Waals surface area contributed by atoms with Gasteiger partial charge in [-0.1, -0.05) is 23.7 Å². The zero-order valence-electron chi connectivity index (χ0n) is 12.8. The molecule has 0 spiro atoms. The van der Waals surface area contributed by atoms with Crippen molar-refractivity contribution >= 4 is 23.1 Å². The molecule has 3 aromatic rings. The lowest BCUT2D eigenvalue weighted by Gasteiger charge is -2.19. The van der Waals surface area contributed by atoms with Crippen LogP contribution in [0.1, 0.15) is 17.4 Å². The molecule has 0 bridgehead atoms. The van der Waals surface area contributed by atoms with E-state index in [1.807, 2.05) is 29.9 Å². The molecule has 0 unspecified atom stereocenters. The Balaban J connectivity index is 1.94. The molecule has 24 heavy (non-hydrogen) atoms. The van der Waals surface area contributed by atoms with Crippen molar-refractivity contribution in [3.63, 3.8) is 0 Å². The number of hydrogen-bond acceptors (Lipinski definition) is 5. The highest BCUT2D eigenvalue weighted by molar-refractivity contribution is 6.30. The summed E-state index contributed by atoms with van der Waals surface area (Å²) in [6.07, 6.45) is 4.78. The normalized spacial score (nSPS) is 11.9. The summed E-state index contributed by atoms with van der Waals surface area (Å²) in [5.41, 5.74) is 0.898. The highest BCUT2D eigenvalue weighted by atomic mass is 35.5. The van der Waals surface area contributed by atoms with E-state index in [1.165, 1.54) is 12.3 Å². The van der Waals surface area contributed by atoms with E-state index in [0.717, 1.165) is 11.4 Å². The topological polar surface area (TPSA) is 85.9 Å². The summed E-state index contributed by atoms with van der Waals surface area (Å²) in [6.45, 7) is 0. The Morgan fingerprint density at radius 3 is 2.50 bits per heavy atom. The van der Waals surface area contributed by atoms with Crippen molar-refractivity contribution < 1.29 is 4.92 Å². The van der Waals surface area contributed by atoms with Gasteiger partial charge in [-0.2, -0.15) is 0 Å². The number of hydrogen-bond donors (Lipinski definition) is 1. The Kier molecular flexibility index (Phi) is 4.43. The van der Waals surface area contributed by atoms with E-state index in [1.54, 1.807) is 24.4 Å². The van der Waals surface area contributed by atoms with E-state index in [-0.39, 0.29) is 11.7 Å². The van der Waals surface area contributed by atoms with Crippen LogP contribution in [-0.2, 0) is 7.05 Å². The van der Waals surface area contributed by atoms with Gasteiger partial charge in [0, 0.05) is 30.5 Å². The van der Waals surface area contributed by atoms with Crippen molar-refractivity contribution in [1.29, 1.82) is 0 Å². The molecule has 0 saturated carbocycles. The lowest BCUT2D eigenvalue weighted by Crippen LogP contribution is -2.17. The molecule has 0 saturated heterocycles. The van der Waals surface area contributed by atoms with Crippen LogP contribution < -0.4 is 5.32 Å². The molecule has 2 aromatic heterocycles. The number of pyridine rings is 1. The molecule has 1 aromatic carbocycles. The van der Waals surface area contributed by atoms with Crippen LogP contribution in [0.3, 0.4) is 0 Å². The van der Waals surface area contributed by atoms with Gasteiger partial charge in [-0.05, 0) is 23.8 Å². The highest BCUT2D eigenvalue weighted by Gasteiger charge is 2.19. The molecule has 1 N–H and O–H groups in total. The molecule has 7 nitrogen and oxygen atoms in total. The van der Waals surface area contributed by atoms with Gasteiger partial charge in [-0.25, -0.2) is 9.97 Å². The Hall–Kier alpha value is -2.93. The summed E-state index contributed by atoms with van der Waals surface area (Å²) in [5.74, 6) is 1.31. The number of aromatic nitrogens is 3. The van der Waals surface area contributed by atoms with Crippen molar-refractivity contribution in [2.75, 3.05) is 5.32 Å². The Morgan fingerprint density at radius 2 is 1.96 bits per heavy atom. The number of rotatable bonds is 5. The van der Waals surface area contributed by atoms with Crippen LogP contribution in [-0.4, -0.2) is 19.5 Å². The summed E-state index contributed by atoms with van der Waals surface area (Å²) in [4.78, 5) is 18.8. The average Bonchev–Trinajstić information content (AvgIpc) is 3.00. The largest absolute Gasteiger partial charge is 0.356 e. The molecule has 0 aliphatic heterocycles. The van der Waals surface area contributed by atoms with E-state index >= 15 is 0 Å². The van der Waals surface area contributed by atoms with E-state index < -0.39 is 4.92 Å². The fourth-order valence-corrected chi connectivity index (χ4v) is 2.46. The number of imidazole rings is 1. The number of anilines is 1. The van der Waals surface area contributed by atoms with Crippen molar-refractivity contribution in [3.8, 4) is 0 Å². The van der Waals surface area contributed by atoms with Gasteiger partial charge >= 0.3 is 0 Å². The minimum absolute atomic E-state index is 0.0550. The van der Waals surface area contributed by atoms with Crippen molar-refractivity contribution in [1.82, 2.24) is 14.5 Å². The van der Waals surface area contributed by atoms with Crippen LogP contribution in [0, 0.1) is 10.1 Å². The predicted molar refractivity (Wildman–Crippen MR) is 91.0 cm³/mol. The van der Waals surface area contributed by atoms with Gasteiger partial charge in [0.1, 0.15) is 23.9 Å². The third-order valence-electron chi connectivity index (χ3n) is 3.57. The molecular formula is C16H14ClN5O2. The second-order valence-electron chi connectivity index (χ2n) is 5.18. The summed E-state index contributed by atoms with van der Waals surface area (Å²) in [7, 11) is 1.90.